The summed E-state index contributed by atoms with van der Waals surface area (Å²) in [4.78, 5) is 4.28. The van der Waals surface area contributed by atoms with Gasteiger partial charge >= 0.3 is 0 Å². The second kappa shape index (κ2) is 4.86. The van der Waals surface area contributed by atoms with Gasteiger partial charge in [-0.2, -0.15) is 0 Å². The van der Waals surface area contributed by atoms with E-state index >= 15 is 0 Å². The number of hydrogen-bond donors (Lipinski definition) is 1. The summed E-state index contributed by atoms with van der Waals surface area (Å²) in [5.41, 5.74) is 7.44. The zero-order chi connectivity index (χ0) is 11.4. The number of nitrogens with zero attached hydrogens (tertiary/aromatic N) is 2. The second-order valence-electron chi connectivity index (χ2n) is 3.32. The average molecular weight is 234 g/mol. The van der Waals surface area contributed by atoms with Crippen LogP contribution >= 0.6 is 11.6 Å². The number of alkyl halides is 1. The van der Waals surface area contributed by atoms with Gasteiger partial charge in [0.05, 0.1) is 17.3 Å². The van der Waals surface area contributed by atoms with Crippen molar-refractivity contribution in [1.82, 2.24) is 4.57 Å². The van der Waals surface area contributed by atoms with Crippen molar-refractivity contribution in [3.8, 4) is 5.69 Å². The summed E-state index contributed by atoms with van der Waals surface area (Å²) in [5, 5.41) is 0. The Bertz CT molecular complexity index is 489. The number of aromatic nitrogens is 1. The summed E-state index contributed by atoms with van der Waals surface area (Å²) < 4.78 is 1.99. The molecule has 2 aromatic rings. The van der Waals surface area contributed by atoms with Crippen molar-refractivity contribution in [2.75, 3.05) is 5.88 Å². The van der Waals surface area contributed by atoms with E-state index in [1.165, 1.54) is 0 Å². The molecule has 0 fully saturated rings. The summed E-state index contributed by atoms with van der Waals surface area (Å²) >= 11 is 5.62. The Labute approximate surface area is 99.2 Å². The molecule has 0 amide bonds. The molecule has 0 aliphatic heterocycles. The first-order valence-electron chi connectivity index (χ1n) is 4.92. The molecule has 1 aromatic heterocycles. The normalized spacial score (nSPS) is 11.7. The van der Waals surface area contributed by atoms with Gasteiger partial charge < -0.3 is 10.3 Å². The van der Waals surface area contributed by atoms with Gasteiger partial charge in [-0.3, -0.25) is 0 Å². The average Bonchev–Trinajstić information content (AvgIpc) is 2.83. The van der Waals surface area contributed by atoms with Gasteiger partial charge in [-0.1, -0.05) is 12.1 Å². The molecule has 4 heteroatoms. The zero-order valence-corrected chi connectivity index (χ0v) is 9.43. The Morgan fingerprint density at radius 3 is 2.56 bits per heavy atom. The first kappa shape index (κ1) is 10.8. The Morgan fingerprint density at radius 1 is 1.19 bits per heavy atom. The van der Waals surface area contributed by atoms with Crippen LogP contribution in [0, 0.1) is 0 Å². The van der Waals surface area contributed by atoms with Gasteiger partial charge in [0.2, 0.25) is 0 Å². The minimum absolute atomic E-state index is 0.236. The lowest BCUT2D eigenvalue weighted by atomic mass is 10.2. The minimum Gasteiger partial charge on any atom is -0.386 e. The number of para-hydroxylation sites is 2. The van der Waals surface area contributed by atoms with Crippen LogP contribution in [0.1, 0.15) is 0 Å². The highest BCUT2D eigenvalue weighted by Gasteiger charge is 2.02. The number of nitrogens with two attached hydrogens (primary N) is 1. The summed E-state index contributed by atoms with van der Waals surface area (Å²) in [5.74, 6) is 0.654. The lowest BCUT2D eigenvalue weighted by Gasteiger charge is -2.07. The van der Waals surface area contributed by atoms with Crippen LogP contribution in [0.15, 0.2) is 53.8 Å². The predicted molar refractivity (Wildman–Crippen MR) is 67.8 cm³/mol. The highest BCUT2D eigenvalue weighted by molar-refractivity contribution is 6.28. The van der Waals surface area contributed by atoms with Crippen molar-refractivity contribution >= 4 is 23.1 Å². The van der Waals surface area contributed by atoms with Gasteiger partial charge in [0, 0.05) is 12.4 Å². The summed E-state index contributed by atoms with van der Waals surface area (Å²) in [6.07, 6.45) is 3.93. The fourth-order valence-corrected chi connectivity index (χ4v) is 1.52. The number of aliphatic imine (C=N–C) groups is 1. The Hall–Kier alpha value is -1.74. The first-order chi connectivity index (χ1) is 7.81. The molecule has 16 heavy (non-hydrogen) atoms. The van der Waals surface area contributed by atoms with Crippen LogP contribution in [0.25, 0.3) is 5.69 Å². The maximum Gasteiger partial charge on any atom is 0.115 e. The third kappa shape index (κ3) is 2.25. The monoisotopic (exact) mass is 233 g/mol. The van der Waals surface area contributed by atoms with Crippen LogP contribution in [-0.2, 0) is 0 Å². The molecule has 3 nitrogen and oxygen atoms in total. The Morgan fingerprint density at radius 2 is 1.88 bits per heavy atom. The van der Waals surface area contributed by atoms with Crippen LogP contribution in [-0.4, -0.2) is 16.3 Å². The zero-order valence-electron chi connectivity index (χ0n) is 8.68. The van der Waals surface area contributed by atoms with Gasteiger partial charge in [-0.25, -0.2) is 4.99 Å². The highest BCUT2D eigenvalue weighted by Crippen LogP contribution is 2.22. The van der Waals surface area contributed by atoms with Crippen LogP contribution in [0.5, 0.6) is 0 Å². The van der Waals surface area contributed by atoms with Crippen molar-refractivity contribution in [2.24, 2.45) is 10.7 Å². The number of amidine groups is 1. The fourth-order valence-electron chi connectivity index (χ4n) is 1.46. The lowest BCUT2D eigenvalue weighted by molar-refractivity contribution is 1.08. The molecule has 0 radical (unpaired) electrons. The second-order valence-corrected chi connectivity index (χ2v) is 3.58. The van der Waals surface area contributed by atoms with E-state index in [9.17, 15) is 0 Å². The summed E-state index contributed by atoms with van der Waals surface area (Å²) in [6.45, 7) is 0. The topological polar surface area (TPSA) is 43.3 Å². The van der Waals surface area contributed by atoms with E-state index in [0.717, 1.165) is 11.4 Å². The number of hydrogen-bond acceptors (Lipinski definition) is 1. The van der Waals surface area contributed by atoms with E-state index in [1.54, 1.807) is 0 Å². The molecule has 0 spiro atoms. The molecule has 0 atom stereocenters. The van der Waals surface area contributed by atoms with Crippen molar-refractivity contribution in [2.45, 2.75) is 0 Å². The van der Waals surface area contributed by atoms with Gasteiger partial charge in [0.15, 0.2) is 0 Å². The fraction of sp³-hybridized carbons (Fsp3) is 0.0833. The minimum atomic E-state index is 0.236. The quantitative estimate of drug-likeness (QED) is 0.495. The molecule has 2 N–H and O–H groups in total. The SMILES string of the molecule is NC(CCl)=Nc1ccccc1-n1cccc1. The van der Waals surface area contributed by atoms with E-state index in [1.807, 2.05) is 53.4 Å². The Balaban J connectivity index is 2.47. The molecular formula is C12H12ClN3. The van der Waals surface area contributed by atoms with Crippen LogP contribution in [0.4, 0.5) is 5.69 Å². The smallest absolute Gasteiger partial charge is 0.115 e. The van der Waals surface area contributed by atoms with Gasteiger partial charge in [0.1, 0.15) is 5.84 Å². The van der Waals surface area contributed by atoms with Crippen molar-refractivity contribution in [1.29, 1.82) is 0 Å². The van der Waals surface area contributed by atoms with Gasteiger partial charge in [0.25, 0.3) is 0 Å². The molecule has 1 aromatic carbocycles. The van der Waals surface area contributed by atoms with E-state index in [0.29, 0.717) is 5.84 Å². The van der Waals surface area contributed by atoms with Gasteiger partial charge in [-0.05, 0) is 24.3 Å². The maximum atomic E-state index is 5.64. The molecule has 1 heterocycles. The Kier molecular flexibility index (Phi) is 3.27. The molecule has 0 saturated carbocycles. The number of benzene rings is 1. The molecule has 2 rings (SSSR count). The standard InChI is InChI=1S/C12H12ClN3/c13-9-12(14)15-10-5-1-2-6-11(10)16-7-3-4-8-16/h1-8H,9H2,(H2,14,15). The number of halogens is 1. The van der Waals surface area contributed by atoms with Crippen LogP contribution in [0.2, 0.25) is 0 Å². The molecule has 82 valence electrons. The van der Waals surface area contributed by atoms with Crippen LogP contribution in [0.3, 0.4) is 0 Å². The van der Waals surface area contributed by atoms with Crippen molar-refractivity contribution in [3.05, 3.63) is 48.8 Å². The predicted octanol–water partition coefficient (Wildman–Crippen LogP) is 2.70. The van der Waals surface area contributed by atoms with Crippen LogP contribution < -0.4 is 5.73 Å². The third-order valence-electron chi connectivity index (χ3n) is 2.17. The third-order valence-corrected chi connectivity index (χ3v) is 2.44. The first-order valence-corrected chi connectivity index (χ1v) is 5.46. The molecule has 0 bridgehead atoms. The molecule has 0 unspecified atom stereocenters. The van der Waals surface area contributed by atoms with E-state index in [-0.39, 0.29) is 5.88 Å². The van der Waals surface area contributed by atoms with Crippen molar-refractivity contribution < 1.29 is 0 Å². The largest absolute Gasteiger partial charge is 0.386 e. The summed E-state index contributed by atoms with van der Waals surface area (Å²) in [6, 6.07) is 11.7. The molecule has 0 saturated heterocycles. The number of rotatable bonds is 3. The highest BCUT2D eigenvalue weighted by atomic mass is 35.5. The molecule has 0 aliphatic carbocycles. The molecule has 0 aliphatic rings. The lowest BCUT2D eigenvalue weighted by Crippen LogP contribution is -2.12. The summed E-state index contributed by atoms with van der Waals surface area (Å²) in [7, 11) is 0. The van der Waals surface area contributed by atoms with Crippen molar-refractivity contribution in [3.63, 3.8) is 0 Å². The molecular weight excluding hydrogens is 222 g/mol. The van der Waals surface area contributed by atoms with E-state index < -0.39 is 0 Å². The van der Waals surface area contributed by atoms with E-state index in [4.69, 9.17) is 17.3 Å². The maximum absolute atomic E-state index is 5.64. The van der Waals surface area contributed by atoms with E-state index in [2.05, 4.69) is 4.99 Å². The van der Waals surface area contributed by atoms with Gasteiger partial charge in [-0.15, -0.1) is 11.6 Å².